The van der Waals surface area contributed by atoms with E-state index < -0.39 is 5.97 Å². The van der Waals surface area contributed by atoms with Gasteiger partial charge < -0.3 is 19.9 Å². The fraction of sp³-hybridized carbons (Fsp3) is 0.0741. The lowest BCUT2D eigenvalue weighted by Crippen LogP contribution is -2.00. The van der Waals surface area contributed by atoms with Crippen molar-refractivity contribution in [3.05, 3.63) is 94.5 Å². The van der Waals surface area contributed by atoms with Crippen molar-refractivity contribution >= 4 is 28.7 Å². The van der Waals surface area contributed by atoms with Crippen molar-refractivity contribution in [3.63, 3.8) is 0 Å². The third-order valence-corrected chi connectivity index (χ3v) is 6.00. The number of pyridine rings is 1. The van der Waals surface area contributed by atoms with Gasteiger partial charge in [0.2, 0.25) is 0 Å². The summed E-state index contributed by atoms with van der Waals surface area (Å²) in [6, 6.07) is 22.2. The lowest BCUT2D eigenvalue weighted by Gasteiger charge is -2.09. The second kappa shape index (κ2) is 9.21. The molecule has 5 rings (SSSR count). The molecule has 0 atom stereocenters. The molecule has 0 bridgehead atoms. The van der Waals surface area contributed by atoms with Gasteiger partial charge >= 0.3 is 12.0 Å². The number of fused-ring (bicyclic) bond motifs is 1. The highest BCUT2D eigenvalue weighted by Gasteiger charge is 2.14. The van der Waals surface area contributed by atoms with Gasteiger partial charge in [-0.2, -0.15) is 4.98 Å². The number of aliphatic hydroxyl groups is 1. The van der Waals surface area contributed by atoms with Crippen molar-refractivity contribution in [1.29, 1.82) is 0 Å². The first-order valence-corrected chi connectivity index (χ1v) is 11.2. The highest BCUT2D eigenvalue weighted by atomic mass is 35.5. The van der Waals surface area contributed by atoms with Crippen LogP contribution in [0.15, 0.2) is 72.8 Å². The molecule has 0 unspecified atom stereocenters. The van der Waals surface area contributed by atoms with Crippen LogP contribution >= 0.6 is 11.6 Å². The fourth-order valence-electron chi connectivity index (χ4n) is 3.90. The molecule has 174 valence electrons. The first-order chi connectivity index (χ1) is 16.9. The van der Waals surface area contributed by atoms with Crippen LogP contribution in [-0.2, 0) is 6.61 Å². The van der Waals surface area contributed by atoms with Crippen molar-refractivity contribution in [2.45, 2.75) is 13.5 Å². The first kappa shape index (κ1) is 22.6. The number of nitrogens with zero attached hydrogens (tertiary/aromatic N) is 2. The van der Waals surface area contributed by atoms with Crippen LogP contribution < -0.4 is 4.74 Å². The molecule has 8 heteroatoms. The van der Waals surface area contributed by atoms with Gasteiger partial charge in [0.25, 0.3) is 0 Å². The number of hydrogen-bond acceptors (Lipinski definition) is 5. The second-order valence-corrected chi connectivity index (χ2v) is 8.42. The smallest absolute Gasteiger partial charge is 0.336 e. The zero-order valence-electron chi connectivity index (χ0n) is 18.6. The lowest BCUT2D eigenvalue weighted by molar-refractivity contribution is 0.0695. The summed E-state index contributed by atoms with van der Waals surface area (Å²) in [5, 5.41) is 19.4. The van der Waals surface area contributed by atoms with Crippen molar-refractivity contribution in [2.24, 2.45) is 0 Å². The highest BCUT2D eigenvalue weighted by Crippen LogP contribution is 2.32. The van der Waals surface area contributed by atoms with E-state index in [0.29, 0.717) is 33.2 Å². The van der Waals surface area contributed by atoms with Gasteiger partial charge in [-0.05, 0) is 47.4 Å². The largest absolute Gasteiger partial charge is 0.478 e. The molecular weight excluding hydrogens is 466 g/mol. The van der Waals surface area contributed by atoms with Gasteiger partial charge in [0, 0.05) is 5.56 Å². The Kier molecular flexibility index (Phi) is 5.94. The molecule has 0 fully saturated rings. The summed E-state index contributed by atoms with van der Waals surface area (Å²) >= 11 is 6.54. The molecule has 0 aliphatic heterocycles. The highest BCUT2D eigenvalue weighted by molar-refractivity contribution is 6.33. The molecule has 0 amide bonds. The number of aromatic amines is 1. The number of H-pyrrole nitrogens is 1. The molecule has 0 aliphatic carbocycles. The van der Waals surface area contributed by atoms with Gasteiger partial charge in [0.1, 0.15) is 5.75 Å². The van der Waals surface area contributed by atoms with Crippen LogP contribution in [0.2, 0.25) is 5.02 Å². The average Bonchev–Trinajstić information content (AvgIpc) is 3.25. The van der Waals surface area contributed by atoms with Crippen LogP contribution in [0, 0.1) is 6.92 Å². The Bertz CT molecular complexity index is 1560. The number of nitrogens with one attached hydrogen (secondary N) is 1. The monoisotopic (exact) mass is 485 g/mol. The number of aromatic carboxylic acids is 1. The molecule has 0 spiro atoms. The SMILES string of the molecule is Cc1ccc(Oc2nc3nc(-c4ccc(-c5ccccc5CO)cc4)c(Cl)cc3[nH]2)cc1C(=O)O. The minimum Gasteiger partial charge on any atom is -0.478 e. The van der Waals surface area contributed by atoms with E-state index >= 15 is 0 Å². The maximum absolute atomic E-state index is 11.4. The topological polar surface area (TPSA) is 108 Å². The number of carboxylic acid groups (broad SMARTS) is 1. The Morgan fingerprint density at radius 3 is 2.49 bits per heavy atom. The molecule has 35 heavy (non-hydrogen) atoms. The number of ether oxygens (including phenoxy) is 1. The summed E-state index contributed by atoms with van der Waals surface area (Å²) in [4.78, 5) is 23.4. The molecule has 5 aromatic rings. The predicted octanol–water partition coefficient (Wildman–Crippen LogP) is 6.24. The zero-order valence-corrected chi connectivity index (χ0v) is 19.4. The molecular formula is C27H20ClN3O4. The quantitative estimate of drug-likeness (QED) is 0.263. The number of halogens is 1. The lowest BCUT2D eigenvalue weighted by atomic mass is 9.98. The number of carbonyl (C=O) groups is 1. The van der Waals surface area contributed by atoms with E-state index in [4.69, 9.17) is 16.3 Å². The normalized spacial score (nSPS) is 11.1. The van der Waals surface area contributed by atoms with Crippen LogP contribution in [0.4, 0.5) is 0 Å². The van der Waals surface area contributed by atoms with E-state index in [1.165, 1.54) is 6.07 Å². The summed E-state index contributed by atoms with van der Waals surface area (Å²) in [7, 11) is 0. The number of aromatic nitrogens is 3. The molecule has 3 N–H and O–H groups in total. The van der Waals surface area contributed by atoms with Crippen molar-refractivity contribution < 1.29 is 19.7 Å². The van der Waals surface area contributed by atoms with Gasteiger partial charge in [-0.3, -0.25) is 0 Å². The Morgan fingerprint density at radius 2 is 1.74 bits per heavy atom. The van der Waals surface area contributed by atoms with Crippen LogP contribution in [0.5, 0.6) is 11.8 Å². The molecule has 2 heterocycles. The molecule has 0 saturated carbocycles. The van der Waals surface area contributed by atoms with Crippen molar-refractivity contribution in [3.8, 4) is 34.1 Å². The zero-order chi connectivity index (χ0) is 24.5. The standard InChI is InChI=1S/C27H20ClN3O4/c1-15-6-11-19(12-21(15)26(33)34)35-27-29-23-13-22(28)24(30-25(23)31-27)17-9-7-16(8-10-17)20-5-3-2-4-18(20)14-32/h2-13,32H,14H2,1H3,(H,33,34)(H,29,30,31). The summed E-state index contributed by atoms with van der Waals surface area (Å²) in [5.41, 5.74) is 5.99. The third kappa shape index (κ3) is 4.47. The van der Waals surface area contributed by atoms with Gasteiger partial charge in [0.15, 0.2) is 5.65 Å². The molecule has 2 aromatic heterocycles. The maximum atomic E-state index is 11.4. The summed E-state index contributed by atoms with van der Waals surface area (Å²) in [6.45, 7) is 1.69. The molecule has 0 saturated heterocycles. The number of rotatable bonds is 6. The molecule has 3 aromatic carbocycles. The summed E-state index contributed by atoms with van der Waals surface area (Å²) < 4.78 is 5.75. The number of hydrogen-bond donors (Lipinski definition) is 3. The number of aliphatic hydroxyl groups excluding tert-OH is 1. The minimum atomic E-state index is -1.03. The Morgan fingerprint density at radius 1 is 1.00 bits per heavy atom. The third-order valence-electron chi connectivity index (χ3n) is 5.72. The number of carboxylic acids is 1. The fourth-order valence-corrected chi connectivity index (χ4v) is 4.16. The van der Waals surface area contributed by atoms with E-state index in [2.05, 4.69) is 15.0 Å². The van der Waals surface area contributed by atoms with Crippen molar-refractivity contribution in [1.82, 2.24) is 15.0 Å². The van der Waals surface area contributed by atoms with Gasteiger partial charge in [-0.15, -0.1) is 0 Å². The Hall–Kier alpha value is -4.20. The van der Waals surface area contributed by atoms with Crippen LogP contribution in [-0.4, -0.2) is 31.1 Å². The van der Waals surface area contributed by atoms with Crippen molar-refractivity contribution in [2.75, 3.05) is 0 Å². The van der Waals surface area contributed by atoms with Gasteiger partial charge in [-0.1, -0.05) is 66.2 Å². The second-order valence-electron chi connectivity index (χ2n) is 8.01. The number of imidazole rings is 1. The maximum Gasteiger partial charge on any atom is 0.336 e. The Labute approximate surface area is 205 Å². The summed E-state index contributed by atoms with van der Waals surface area (Å²) in [5.74, 6) is -0.682. The molecule has 0 radical (unpaired) electrons. The van der Waals surface area contributed by atoms with E-state index in [9.17, 15) is 15.0 Å². The van der Waals surface area contributed by atoms with Gasteiger partial charge in [-0.25, -0.2) is 9.78 Å². The van der Waals surface area contributed by atoms with E-state index in [1.54, 1.807) is 25.1 Å². The Balaban J connectivity index is 1.45. The average molecular weight is 486 g/mol. The van der Waals surface area contributed by atoms with Crippen LogP contribution in [0.1, 0.15) is 21.5 Å². The predicted molar refractivity (Wildman–Crippen MR) is 134 cm³/mol. The first-order valence-electron chi connectivity index (χ1n) is 10.8. The van der Waals surface area contributed by atoms with E-state index in [0.717, 1.165) is 22.3 Å². The molecule has 7 nitrogen and oxygen atoms in total. The minimum absolute atomic E-state index is 0.0360. The van der Waals surface area contributed by atoms with E-state index in [1.807, 2.05) is 48.5 Å². The molecule has 0 aliphatic rings. The number of benzene rings is 3. The summed E-state index contributed by atoms with van der Waals surface area (Å²) in [6.07, 6.45) is 0. The van der Waals surface area contributed by atoms with Crippen LogP contribution in [0.25, 0.3) is 33.5 Å². The van der Waals surface area contributed by atoms with Gasteiger partial charge in [0.05, 0.1) is 28.4 Å². The van der Waals surface area contributed by atoms with E-state index in [-0.39, 0.29) is 18.2 Å². The number of aryl methyl sites for hydroxylation is 1. The van der Waals surface area contributed by atoms with Crippen LogP contribution in [0.3, 0.4) is 0 Å².